The highest BCUT2D eigenvalue weighted by Crippen LogP contribution is 2.23. The first kappa shape index (κ1) is 17.1. The van der Waals surface area contributed by atoms with Gasteiger partial charge in [-0.2, -0.15) is 0 Å². The molecule has 0 saturated heterocycles. The number of hydrogen-bond donors (Lipinski definition) is 1. The van der Waals surface area contributed by atoms with E-state index in [4.69, 9.17) is 0 Å². The van der Waals surface area contributed by atoms with Gasteiger partial charge in [0.25, 0.3) is 0 Å². The highest BCUT2D eigenvalue weighted by molar-refractivity contribution is 5.22. The van der Waals surface area contributed by atoms with Gasteiger partial charge in [-0.3, -0.25) is 0 Å². The third-order valence-corrected chi connectivity index (χ3v) is 3.78. The van der Waals surface area contributed by atoms with Crippen LogP contribution in [0.15, 0.2) is 18.2 Å². The zero-order chi connectivity index (χ0) is 14.8. The fourth-order valence-electron chi connectivity index (χ4n) is 2.54. The molecule has 0 aliphatic carbocycles. The van der Waals surface area contributed by atoms with E-state index in [1.165, 1.54) is 56.7 Å². The minimum Gasteiger partial charge on any atom is -0.313 e. The molecule has 1 unspecified atom stereocenters. The van der Waals surface area contributed by atoms with Crippen LogP contribution in [0.3, 0.4) is 0 Å². The molecule has 0 heterocycles. The Morgan fingerprint density at radius 1 is 1.00 bits per heavy atom. The van der Waals surface area contributed by atoms with Crippen molar-refractivity contribution in [3.05, 3.63) is 35.4 Å². The van der Waals surface area contributed by atoms with Crippen LogP contribution in [0.25, 0.3) is 0 Å². The van der Waals surface area contributed by atoms with Gasteiger partial charge in [0.1, 0.15) is 11.6 Å². The average molecular weight is 283 g/mol. The number of rotatable bonds is 10. The molecule has 0 spiro atoms. The van der Waals surface area contributed by atoms with Gasteiger partial charge in [0.05, 0.1) is 0 Å². The molecule has 0 saturated carbocycles. The van der Waals surface area contributed by atoms with Crippen molar-refractivity contribution in [1.82, 2.24) is 5.32 Å². The largest absolute Gasteiger partial charge is 0.313 e. The van der Waals surface area contributed by atoms with Crippen LogP contribution in [0.4, 0.5) is 8.78 Å². The van der Waals surface area contributed by atoms with E-state index in [1.54, 1.807) is 7.05 Å². The Labute approximate surface area is 121 Å². The molecule has 1 N–H and O–H groups in total. The SMILES string of the molecule is CCCCCCCCCC(NC)c1cc(F)ccc1F. The third-order valence-electron chi connectivity index (χ3n) is 3.78. The molecule has 1 rings (SSSR count). The van der Waals surface area contributed by atoms with E-state index in [0.717, 1.165) is 12.8 Å². The number of hydrogen-bond acceptors (Lipinski definition) is 1. The van der Waals surface area contributed by atoms with E-state index in [1.807, 2.05) is 0 Å². The quantitative estimate of drug-likeness (QED) is 0.569. The fraction of sp³-hybridized carbons (Fsp3) is 0.647. The van der Waals surface area contributed by atoms with Gasteiger partial charge in [-0.1, -0.05) is 51.9 Å². The molecule has 1 nitrogen and oxygen atoms in total. The summed E-state index contributed by atoms with van der Waals surface area (Å²) >= 11 is 0. The Hall–Kier alpha value is -0.960. The summed E-state index contributed by atoms with van der Waals surface area (Å²) in [6, 6.07) is 3.58. The summed E-state index contributed by atoms with van der Waals surface area (Å²) in [5.74, 6) is -0.699. The van der Waals surface area contributed by atoms with Crippen LogP contribution in [0.5, 0.6) is 0 Å². The van der Waals surface area contributed by atoms with E-state index in [2.05, 4.69) is 12.2 Å². The average Bonchev–Trinajstić information content (AvgIpc) is 2.45. The van der Waals surface area contributed by atoms with Gasteiger partial charge in [-0.15, -0.1) is 0 Å². The molecule has 1 atom stereocenters. The Bertz CT molecular complexity index is 379. The van der Waals surface area contributed by atoms with Gasteiger partial charge in [-0.25, -0.2) is 8.78 Å². The highest BCUT2D eigenvalue weighted by atomic mass is 19.1. The molecule has 0 aliphatic rings. The maximum Gasteiger partial charge on any atom is 0.128 e. The normalized spacial score (nSPS) is 12.6. The lowest BCUT2D eigenvalue weighted by Gasteiger charge is -2.17. The zero-order valence-corrected chi connectivity index (χ0v) is 12.7. The lowest BCUT2D eigenvalue weighted by atomic mass is 9.99. The second-order valence-corrected chi connectivity index (χ2v) is 5.42. The topological polar surface area (TPSA) is 12.0 Å². The molecule has 0 bridgehead atoms. The number of benzene rings is 1. The van der Waals surface area contributed by atoms with E-state index in [9.17, 15) is 8.78 Å². The van der Waals surface area contributed by atoms with Gasteiger partial charge in [0.2, 0.25) is 0 Å². The third kappa shape index (κ3) is 6.00. The van der Waals surface area contributed by atoms with Crippen LogP contribution in [0.1, 0.15) is 69.9 Å². The second-order valence-electron chi connectivity index (χ2n) is 5.42. The monoisotopic (exact) mass is 283 g/mol. The molecule has 1 aromatic rings. The number of nitrogens with one attached hydrogen (secondary N) is 1. The van der Waals surface area contributed by atoms with Gasteiger partial charge >= 0.3 is 0 Å². The van der Waals surface area contributed by atoms with Crippen molar-refractivity contribution in [2.75, 3.05) is 7.05 Å². The Kier molecular flexibility index (Phi) is 8.43. The highest BCUT2D eigenvalue weighted by Gasteiger charge is 2.14. The van der Waals surface area contributed by atoms with E-state index in [-0.39, 0.29) is 17.7 Å². The van der Waals surface area contributed by atoms with Crippen molar-refractivity contribution < 1.29 is 8.78 Å². The lowest BCUT2D eigenvalue weighted by Crippen LogP contribution is -2.18. The first-order valence-electron chi connectivity index (χ1n) is 7.81. The van der Waals surface area contributed by atoms with E-state index in [0.29, 0.717) is 5.56 Å². The zero-order valence-electron chi connectivity index (χ0n) is 12.7. The van der Waals surface area contributed by atoms with Gasteiger partial charge in [0, 0.05) is 11.6 Å². The van der Waals surface area contributed by atoms with Gasteiger partial charge < -0.3 is 5.32 Å². The van der Waals surface area contributed by atoms with Crippen molar-refractivity contribution in [3.63, 3.8) is 0 Å². The molecule has 0 aromatic heterocycles. The molecule has 3 heteroatoms. The molecule has 0 radical (unpaired) electrons. The van der Waals surface area contributed by atoms with Crippen molar-refractivity contribution >= 4 is 0 Å². The standard InChI is InChI=1S/C17H27F2N/c1-3-4-5-6-7-8-9-10-17(20-2)15-13-14(18)11-12-16(15)19/h11-13,17,20H,3-10H2,1-2H3. The van der Waals surface area contributed by atoms with Crippen LogP contribution in [-0.4, -0.2) is 7.05 Å². The van der Waals surface area contributed by atoms with Crippen LogP contribution in [-0.2, 0) is 0 Å². The van der Waals surface area contributed by atoms with Gasteiger partial charge in [-0.05, 0) is 31.7 Å². The Balaban J connectivity index is 2.34. The first-order valence-corrected chi connectivity index (χ1v) is 7.81. The lowest BCUT2D eigenvalue weighted by molar-refractivity contribution is 0.471. The Morgan fingerprint density at radius 3 is 2.30 bits per heavy atom. The molecule has 0 aliphatic heterocycles. The predicted octanol–water partition coefficient (Wildman–Crippen LogP) is 5.37. The summed E-state index contributed by atoms with van der Waals surface area (Å²) in [5.41, 5.74) is 0.443. The number of unbranched alkanes of at least 4 members (excludes halogenated alkanes) is 6. The molecule has 0 fully saturated rings. The maximum atomic E-state index is 13.7. The fourth-order valence-corrected chi connectivity index (χ4v) is 2.54. The maximum absolute atomic E-state index is 13.7. The van der Waals surface area contributed by atoms with Crippen LogP contribution >= 0.6 is 0 Å². The molecule has 1 aromatic carbocycles. The van der Waals surface area contributed by atoms with Gasteiger partial charge in [0.15, 0.2) is 0 Å². The molecule has 0 amide bonds. The van der Waals surface area contributed by atoms with E-state index >= 15 is 0 Å². The first-order chi connectivity index (χ1) is 9.69. The van der Waals surface area contributed by atoms with Crippen molar-refractivity contribution in [2.24, 2.45) is 0 Å². The van der Waals surface area contributed by atoms with Crippen molar-refractivity contribution in [2.45, 2.75) is 64.3 Å². The smallest absolute Gasteiger partial charge is 0.128 e. The minimum atomic E-state index is -0.374. The summed E-state index contributed by atoms with van der Waals surface area (Å²) in [4.78, 5) is 0. The van der Waals surface area contributed by atoms with Crippen LogP contribution < -0.4 is 5.32 Å². The predicted molar refractivity (Wildman–Crippen MR) is 80.8 cm³/mol. The van der Waals surface area contributed by atoms with Crippen molar-refractivity contribution in [1.29, 1.82) is 0 Å². The van der Waals surface area contributed by atoms with Crippen LogP contribution in [0, 0.1) is 11.6 Å². The Morgan fingerprint density at radius 2 is 1.65 bits per heavy atom. The molecule has 114 valence electrons. The summed E-state index contributed by atoms with van der Waals surface area (Å²) in [7, 11) is 1.80. The number of halogens is 2. The van der Waals surface area contributed by atoms with Crippen molar-refractivity contribution in [3.8, 4) is 0 Å². The molecular weight excluding hydrogens is 256 g/mol. The summed E-state index contributed by atoms with van der Waals surface area (Å²) in [6.07, 6.45) is 9.48. The summed E-state index contributed by atoms with van der Waals surface area (Å²) < 4.78 is 26.9. The summed E-state index contributed by atoms with van der Waals surface area (Å²) in [6.45, 7) is 2.21. The second kappa shape index (κ2) is 9.87. The molecule has 20 heavy (non-hydrogen) atoms. The van der Waals surface area contributed by atoms with E-state index < -0.39 is 0 Å². The molecular formula is C17H27F2N. The summed E-state index contributed by atoms with van der Waals surface area (Å²) in [5, 5.41) is 3.09. The minimum absolute atomic E-state index is 0.0960. The van der Waals surface area contributed by atoms with Crippen LogP contribution in [0.2, 0.25) is 0 Å².